The maximum atomic E-state index is 12.4. The van der Waals surface area contributed by atoms with Crippen LogP contribution in [0.3, 0.4) is 0 Å². The number of aromatic nitrogens is 2. The normalized spacial score (nSPS) is 12.2. The number of nitrogens with one attached hydrogen (secondary N) is 1. The molecule has 1 unspecified atom stereocenters. The van der Waals surface area contributed by atoms with Crippen LogP contribution in [0, 0.1) is 13.8 Å². The summed E-state index contributed by atoms with van der Waals surface area (Å²) in [5, 5.41) is 7.65. The summed E-state index contributed by atoms with van der Waals surface area (Å²) in [6.07, 6.45) is 3.45. The number of nitrogens with zero attached hydrogens (tertiary/aromatic N) is 2. The molecule has 5 nitrogen and oxygen atoms in total. The largest absolute Gasteiger partial charge is 0.352 e. The summed E-state index contributed by atoms with van der Waals surface area (Å²) in [6, 6.07) is 10.0. The van der Waals surface area contributed by atoms with Crippen molar-refractivity contribution in [2.45, 2.75) is 52.5 Å². The van der Waals surface area contributed by atoms with Crippen molar-refractivity contribution in [3.05, 3.63) is 47.3 Å². The Hall–Kier alpha value is -2.14. The predicted molar refractivity (Wildman–Crippen MR) is 97.3 cm³/mol. The highest BCUT2D eigenvalue weighted by atomic mass is 16.1. The van der Waals surface area contributed by atoms with Crippen LogP contribution in [0.25, 0.3) is 5.69 Å². The van der Waals surface area contributed by atoms with E-state index in [1.54, 1.807) is 0 Å². The molecule has 0 saturated carbocycles. The van der Waals surface area contributed by atoms with Crippen molar-refractivity contribution in [2.24, 2.45) is 5.73 Å². The lowest BCUT2D eigenvalue weighted by atomic mass is 10.1. The number of hydrogen-bond acceptors (Lipinski definition) is 3. The predicted octanol–water partition coefficient (Wildman–Crippen LogP) is 2.67. The van der Waals surface area contributed by atoms with Crippen molar-refractivity contribution in [1.29, 1.82) is 0 Å². The molecule has 2 aromatic rings. The first-order valence-electron chi connectivity index (χ1n) is 8.66. The molecule has 0 bridgehead atoms. The lowest BCUT2D eigenvalue weighted by Crippen LogP contribution is -2.41. The average molecular weight is 328 g/mol. The van der Waals surface area contributed by atoms with Gasteiger partial charge >= 0.3 is 0 Å². The summed E-state index contributed by atoms with van der Waals surface area (Å²) in [7, 11) is 0. The van der Waals surface area contributed by atoms with Crippen LogP contribution >= 0.6 is 0 Å². The van der Waals surface area contributed by atoms with Crippen LogP contribution in [0.2, 0.25) is 0 Å². The summed E-state index contributed by atoms with van der Waals surface area (Å²) >= 11 is 0. The molecular weight excluding hydrogens is 300 g/mol. The Kier molecular flexibility index (Phi) is 6.55. The van der Waals surface area contributed by atoms with Gasteiger partial charge < -0.3 is 11.1 Å². The number of rotatable bonds is 8. The zero-order valence-electron chi connectivity index (χ0n) is 14.9. The first kappa shape index (κ1) is 18.2. The van der Waals surface area contributed by atoms with E-state index in [0.717, 1.165) is 41.9 Å². The fourth-order valence-corrected chi connectivity index (χ4v) is 2.89. The molecule has 1 amide bonds. The minimum atomic E-state index is 0.0142. The van der Waals surface area contributed by atoms with Crippen molar-refractivity contribution >= 4 is 5.91 Å². The lowest BCUT2D eigenvalue weighted by molar-refractivity contribution is -0.121. The van der Waals surface area contributed by atoms with E-state index in [2.05, 4.69) is 17.3 Å². The zero-order valence-corrected chi connectivity index (χ0v) is 14.9. The molecule has 1 heterocycles. The van der Waals surface area contributed by atoms with Gasteiger partial charge in [-0.1, -0.05) is 38.0 Å². The minimum Gasteiger partial charge on any atom is -0.352 e. The molecule has 0 radical (unpaired) electrons. The van der Waals surface area contributed by atoms with Crippen LogP contribution in [-0.4, -0.2) is 28.3 Å². The summed E-state index contributed by atoms with van der Waals surface area (Å²) in [5.41, 5.74) is 9.66. The number of carbonyl (C=O) groups is 1. The first-order valence-corrected chi connectivity index (χ1v) is 8.66. The summed E-state index contributed by atoms with van der Waals surface area (Å²) < 4.78 is 1.90. The highest BCUT2D eigenvalue weighted by molar-refractivity contribution is 5.79. The van der Waals surface area contributed by atoms with Crippen molar-refractivity contribution in [1.82, 2.24) is 15.1 Å². The van der Waals surface area contributed by atoms with E-state index in [1.807, 2.05) is 48.9 Å². The topological polar surface area (TPSA) is 72.9 Å². The molecule has 0 aliphatic carbocycles. The summed E-state index contributed by atoms with van der Waals surface area (Å²) in [4.78, 5) is 12.4. The first-order chi connectivity index (χ1) is 11.6. The number of carbonyl (C=O) groups excluding carboxylic acids is 1. The molecule has 130 valence electrons. The smallest absolute Gasteiger partial charge is 0.224 e. The van der Waals surface area contributed by atoms with Crippen LogP contribution in [0.1, 0.15) is 43.1 Å². The zero-order chi connectivity index (χ0) is 17.5. The molecule has 3 N–H and O–H groups in total. The molecule has 0 saturated heterocycles. The van der Waals surface area contributed by atoms with Gasteiger partial charge in [0.25, 0.3) is 0 Å². The van der Waals surface area contributed by atoms with Gasteiger partial charge in [0, 0.05) is 23.8 Å². The van der Waals surface area contributed by atoms with Crippen molar-refractivity contribution in [3.63, 3.8) is 0 Å². The second-order valence-electron chi connectivity index (χ2n) is 6.22. The minimum absolute atomic E-state index is 0.0142. The molecule has 1 aromatic heterocycles. The Morgan fingerprint density at radius 1 is 1.29 bits per heavy atom. The lowest BCUT2D eigenvalue weighted by Gasteiger charge is -2.16. The molecule has 1 atom stereocenters. The Bertz CT molecular complexity index is 664. The third-order valence-corrected chi connectivity index (χ3v) is 4.34. The fraction of sp³-hybridized carbons (Fsp3) is 0.474. The summed E-state index contributed by atoms with van der Waals surface area (Å²) in [6.45, 7) is 6.58. The van der Waals surface area contributed by atoms with E-state index in [-0.39, 0.29) is 11.9 Å². The fourth-order valence-electron chi connectivity index (χ4n) is 2.89. The number of nitrogens with two attached hydrogens (primary N) is 1. The second kappa shape index (κ2) is 8.64. The number of aryl methyl sites for hydroxylation is 1. The van der Waals surface area contributed by atoms with E-state index in [4.69, 9.17) is 5.73 Å². The molecule has 5 heteroatoms. The molecule has 0 aliphatic rings. The SMILES string of the molecule is CCCCC(CN)NC(=O)Cc1c(C)nn(-c2ccccc2)c1C. The van der Waals surface area contributed by atoms with Gasteiger partial charge in [-0.2, -0.15) is 5.10 Å². The number of benzene rings is 1. The quantitative estimate of drug-likeness (QED) is 0.782. The molecule has 2 rings (SSSR count). The van der Waals surface area contributed by atoms with Gasteiger partial charge in [-0.05, 0) is 32.4 Å². The maximum absolute atomic E-state index is 12.4. The van der Waals surface area contributed by atoms with Gasteiger partial charge in [-0.25, -0.2) is 4.68 Å². The van der Waals surface area contributed by atoms with Gasteiger partial charge in [0.05, 0.1) is 17.8 Å². The molecule has 0 fully saturated rings. The van der Waals surface area contributed by atoms with Gasteiger partial charge in [-0.15, -0.1) is 0 Å². The Labute approximate surface area is 144 Å². The molecule has 1 aromatic carbocycles. The van der Waals surface area contributed by atoms with E-state index < -0.39 is 0 Å². The van der Waals surface area contributed by atoms with E-state index in [9.17, 15) is 4.79 Å². The van der Waals surface area contributed by atoms with E-state index in [0.29, 0.717) is 13.0 Å². The van der Waals surface area contributed by atoms with Crippen LogP contribution < -0.4 is 11.1 Å². The van der Waals surface area contributed by atoms with E-state index in [1.165, 1.54) is 0 Å². The average Bonchev–Trinajstić information content (AvgIpc) is 2.87. The monoisotopic (exact) mass is 328 g/mol. The molecular formula is C19H28N4O. The van der Waals surface area contributed by atoms with Crippen molar-refractivity contribution < 1.29 is 4.79 Å². The highest BCUT2D eigenvalue weighted by Gasteiger charge is 2.17. The third-order valence-electron chi connectivity index (χ3n) is 4.34. The third kappa shape index (κ3) is 4.45. The molecule has 0 aliphatic heterocycles. The molecule has 24 heavy (non-hydrogen) atoms. The van der Waals surface area contributed by atoms with Crippen LogP contribution in [0.5, 0.6) is 0 Å². The van der Waals surface area contributed by atoms with Crippen molar-refractivity contribution in [3.8, 4) is 5.69 Å². The summed E-state index contributed by atoms with van der Waals surface area (Å²) in [5.74, 6) is 0.0142. The number of para-hydroxylation sites is 1. The number of hydrogen-bond donors (Lipinski definition) is 2. The number of unbranched alkanes of at least 4 members (excludes halogenated alkanes) is 1. The van der Waals surface area contributed by atoms with Crippen LogP contribution in [0.4, 0.5) is 0 Å². The van der Waals surface area contributed by atoms with Crippen LogP contribution in [0.15, 0.2) is 30.3 Å². The van der Waals surface area contributed by atoms with Crippen LogP contribution in [-0.2, 0) is 11.2 Å². The van der Waals surface area contributed by atoms with Gasteiger partial charge in [-0.3, -0.25) is 4.79 Å². The van der Waals surface area contributed by atoms with Gasteiger partial charge in [0.1, 0.15) is 0 Å². The Morgan fingerprint density at radius 3 is 2.62 bits per heavy atom. The number of amides is 1. The molecule has 0 spiro atoms. The highest BCUT2D eigenvalue weighted by Crippen LogP contribution is 2.18. The maximum Gasteiger partial charge on any atom is 0.224 e. The Balaban J connectivity index is 2.10. The van der Waals surface area contributed by atoms with E-state index >= 15 is 0 Å². The van der Waals surface area contributed by atoms with Gasteiger partial charge in [0.15, 0.2) is 0 Å². The Morgan fingerprint density at radius 2 is 2.00 bits per heavy atom. The second-order valence-corrected chi connectivity index (χ2v) is 6.22. The van der Waals surface area contributed by atoms with Gasteiger partial charge in [0.2, 0.25) is 5.91 Å². The standard InChI is InChI=1S/C19H28N4O/c1-4-5-9-16(13-20)21-19(24)12-18-14(2)22-23(15(18)3)17-10-7-6-8-11-17/h6-8,10-11,16H,4-5,9,12-13,20H2,1-3H3,(H,21,24). The van der Waals surface area contributed by atoms with Crippen molar-refractivity contribution in [2.75, 3.05) is 6.54 Å².